The van der Waals surface area contributed by atoms with Crippen LogP contribution in [0.25, 0.3) is 0 Å². The van der Waals surface area contributed by atoms with Crippen molar-refractivity contribution < 1.29 is 4.74 Å². The van der Waals surface area contributed by atoms with Crippen LogP contribution in [-0.4, -0.2) is 6.61 Å². The molecule has 0 aliphatic carbocycles. The molecule has 0 spiro atoms. The molecule has 0 unspecified atom stereocenters. The summed E-state index contributed by atoms with van der Waals surface area (Å²) >= 11 is 1.67. The fourth-order valence-corrected chi connectivity index (χ4v) is 2.28. The average Bonchev–Trinajstić information content (AvgIpc) is 2.83. The van der Waals surface area contributed by atoms with E-state index in [1.807, 2.05) is 36.6 Å². The highest BCUT2D eigenvalue weighted by molar-refractivity contribution is 7.08. The number of hydrogen-bond acceptors (Lipinski definition) is 3. The number of ether oxygens (including phenoxy) is 1. The highest BCUT2D eigenvalue weighted by Crippen LogP contribution is 2.23. The summed E-state index contributed by atoms with van der Waals surface area (Å²) in [5.41, 5.74) is 8.42. The molecule has 2 nitrogen and oxygen atoms in total. The zero-order valence-corrected chi connectivity index (χ0v) is 11.3. The number of benzene rings is 1. The van der Waals surface area contributed by atoms with Crippen molar-refractivity contribution in [2.75, 3.05) is 6.61 Å². The van der Waals surface area contributed by atoms with Crippen molar-refractivity contribution in [3.8, 4) is 5.75 Å². The quantitative estimate of drug-likeness (QED) is 0.920. The molecule has 1 heterocycles. The standard InChI is InChI=1S/C13H15NOS.ClH/c1-2-15-12-5-3-10(4-6-12)13(14)11-7-8-16-9-11;/h3-9,13H,2,14H2,1H3;1H/t13-;/m0./s1. The second kappa shape index (κ2) is 6.64. The molecule has 17 heavy (non-hydrogen) atoms. The molecule has 0 aliphatic heterocycles. The molecule has 4 heteroatoms. The molecular formula is C13H16ClNOS. The largest absolute Gasteiger partial charge is 0.494 e. The molecule has 92 valence electrons. The molecule has 0 radical (unpaired) electrons. The van der Waals surface area contributed by atoms with Crippen LogP contribution in [0.15, 0.2) is 41.1 Å². The summed E-state index contributed by atoms with van der Waals surface area (Å²) in [5, 5.41) is 4.13. The summed E-state index contributed by atoms with van der Waals surface area (Å²) in [6.07, 6.45) is 0. The zero-order valence-electron chi connectivity index (χ0n) is 9.63. The lowest BCUT2D eigenvalue weighted by Crippen LogP contribution is -2.10. The SMILES string of the molecule is CCOc1ccc([C@H](N)c2ccsc2)cc1.Cl. The minimum atomic E-state index is -0.0399. The molecule has 2 rings (SSSR count). The second-order valence-corrected chi connectivity index (χ2v) is 4.32. The Bertz CT molecular complexity index is 427. The Morgan fingerprint density at radius 2 is 1.88 bits per heavy atom. The van der Waals surface area contributed by atoms with Crippen LogP contribution in [0, 0.1) is 0 Å². The first-order valence-electron chi connectivity index (χ1n) is 5.31. The molecule has 0 bridgehead atoms. The lowest BCUT2D eigenvalue weighted by molar-refractivity contribution is 0.340. The van der Waals surface area contributed by atoms with E-state index in [-0.39, 0.29) is 18.4 Å². The lowest BCUT2D eigenvalue weighted by Gasteiger charge is -2.11. The topological polar surface area (TPSA) is 35.2 Å². The van der Waals surface area contributed by atoms with E-state index in [4.69, 9.17) is 10.5 Å². The molecule has 2 aromatic rings. The van der Waals surface area contributed by atoms with E-state index in [0.29, 0.717) is 6.61 Å². The van der Waals surface area contributed by atoms with Gasteiger partial charge < -0.3 is 10.5 Å². The van der Waals surface area contributed by atoms with Crippen LogP contribution >= 0.6 is 23.7 Å². The lowest BCUT2D eigenvalue weighted by atomic mass is 10.0. The van der Waals surface area contributed by atoms with Gasteiger partial charge in [0, 0.05) is 0 Å². The molecule has 1 atom stereocenters. The normalized spacial score (nSPS) is 11.6. The van der Waals surface area contributed by atoms with Crippen molar-refractivity contribution in [2.45, 2.75) is 13.0 Å². The van der Waals surface area contributed by atoms with E-state index >= 15 is 0 Å². The number of nitrogens with two attached hydrogens (primary N) is 1. The highest BCUT2D eigenvalue weighted by atomic mass is 35.5. The molecule has 2 N–H and O–H groups in total. The predicted octanol–water partition coefficient (Wildman–Crippen LogP) is 3.62. The highest BCUT2D eigenvalue weighted by Gasteiger charge is 2.08. The fraction of sp³-hybridized carbons (Fsp3) is 0.231. The Kier molecular flexibility index (Phi) is 5.48. The Hall–Kier alpha value is -1.03. The third kappa shape index (κ3) is 3.46. The molecule has 0 saturated heterocycles. The van der Waals surface area contributed by atoms with E-state index in [0.717, 1.165) is 16.9 Å². The van der Waals surface area contributed by atoms with E-state index in [9.17, 15) is 0 Å². The van der Waals surface area contributed by atoms with Gasteiger partial charge in [-0.2, -0.15) is 11.3 Å². The van der Waals surface area contributed by atoms with Crippen molar-refractivity contribution in [2.24, 2.45) is 5.73 Å². The van der Waals surface area contributed by atoms with Gasteiger partial charge in [0.25, 0.3) is 0 Å². The van der Waals surface area contributed by atoms with Gasteiger partial charge in [0.05, 0.1) is 12.6 Å². The van der Waals surface area contributed by atoms with Gasteiger partial charge in [-0.25, -0.2) is 0 Å². The monoisotopic (exact) mass is 269 g/mol. The Morgan fingerprint density at radius 1 is 1.18 bits per heavy atom. The van der Waals surface area contributed by atoms with Gasteiger partial charge in [0.15, 0.2) is 0 Å². The van der Waals surface area contributed by atoms with Crippen LogP contribution in [0.4, 0.5) is 0 Å². The van der Waals surface area contributed by atoms with Crippen molar-refractivity contribution in [3.05, 3.63) is 52.2 Å². The Morgan fingerprint density at radius 3 is 2.41 bits per heavy atom. The van der Waals surface area contributed by atoms with Crippen molar-refractivity contribution >= 4 is 23.7 Å². The van der Waals surface area contributed by atoms with Crippen LogP contribution in [0.2, 0.25) is 0 Å². The second-order valence-electron chi connectivity index (χ2n) is 3.54. The smallest absolute Gasteiger partial charge is 0.119 e. The van der Waals surface area contributed by atoms with Crippen LogP contribution in [0.1, 0.15) is 24.1 Å². The molecule has 0 saturated carbocycles. The van der Waals surface area contributed by atoms with Gasteiger partial charge in [-0.05, 0) is 47.0 Å². The average molecular weight is 270 g/mol. The van der Waals surface area contributed by atoms with Crippen LogP contribution in [-0.2, 0) is 0 Å². The van der Waals surface area contributed by atoms with E-state index in [1.54, 1.807) is 11.3 Å². The first-order chi connectivity index (χ1) is 7.81. The Balaban J connectivity index is 0.00000144. The van der Waals surface area contributed by atoms with Crippen LogP contribution < -0.4 is 10.5 Å². The minimum absolute atomic E-state index is 0. The number of halogens is 1. The van der Waals surface area contributed by atoms with Gasteiger partial charge >= 0.3 is 0 Å². The summed E-state index contributed by atoms with van der Waals surface area (Å²) in [5.74, 6) is 0.892. The number of rotatable bonds is 4. The molecule has 1 aromatic heterocycles. The molecule has 0 amide bonds. The van der Waals surface area contributed by atoms with E-state index in [2.05, 4.69) is 11.4 Å². The molecule has 0 aliphatic rings. The molecule has 1 aromatic carbocycles. The van der Waals surface area contributed by atoms with Gasteiger partial charge in [-0.15, -0.1) is 12.4 Å². The van der Waals surface area contributed by atoms with Crippen LogP contribution in [0.3, 0.4) is 0 Å². The minimum Gasteiger partial charge on any atom is -0.494 e. The zero-order chi connectivity index (χ0) is 11.4. The van der Waals surface area contributed by atoms with E-state index in [1.165, 1.54) is 0 Å². The van der Waals surface area contributed by atoms with Crippen molar-refractivity contribution in [1.29, 1.82) is 0 Å². The van der Waals surface area contributed by atoms with Gasteiger partial charge in [-0.3, -0.25) is 0 Å². The first-order valence-corrected chi connectivity index (χ1v) is 6.26. The maximum absolute atomic E-state index is 6.15. The van der Waals surface area contributed by atoms with Gasteiger partial charge in [0.1, 0.15) is 5.75 Å². The summed E-state index contributed by atoms with van der Waals surface area (Å²) < 4.78 is 5.39. The summed E-state index contributed by atoms with van der Waals surface area (Å²) in [6, 6.07) is 9.99. The summed E-state index contributed by atoms with van der Waals surface area (Å²) in [7, 11) is 0. The van der Waals surface area contributed by atoms with Crippen molar-refractivity contribution in [3.63, 3.8) is 0 Å². The van der Waals surface area contributed by atoms with Gasteiger partial charge in [-0.1, -0.05) is 12.1 Å². The predicted molar refractivity (Wildman–Crippen MR) is 75.2 cm³/mol. The van der Waals surface area contributed by atoms with Crippen LogP contribution in [0.5, 0.6) is 5.75 Å². The molecule has 0 fully saturated rings. The van der Waals surface area contributed by atoms with E-state index < -0.39 is 0 Å². The maximum Gasteiger partial charge on any atom is 0.119 e. The Labute approximate surface area is 112 Å². The summed E-state index contributed by atoms with van der Waals surface area (Å²) in [6.45, 7) is 2.67. The number of hydrogen-bond donors (Lipinski definition) is 1. The van der Waals surface area contributed by atoms with Gasteiger partial charge in [0.2, 0.25) is 0 Å². The first kappa shape index (κ1) is 14.0. The third-order valence-corrected chi connectivity index (χ3v) is 3.15. The fourth-order valence-electron chi connectivity index (χ4n) is 1.58. The van der Waals surface area contributed by atoms with Crippen molar-refractivity contribution in [1.82, 2.24) is 0 Å². The summed E-state index contributed by atoms with van der Waals surface area (Å²) in [4.78, 5) is 0. The third-order valence-electron chi connectivity index (χ3n) is 2.45. The maximum atomic E-state index is 6.15. The molecular weight excluding hydrogens is 254 g/mol. The number of thiophene rings is 1.